The number of carbonyl (C=O) groups excluding carboxylic acids is 1. The minimum absolute atomic E-state index is 0.218. The number of benzene rings is 1. The molecule has 0 aliphatic heterocycles. The Balaban J connectivity index is 1.76. The molecule has 0 unspecified atom stereocenters. The van der Waals surface area contributed by atoms with E-state index < -0.39 is 0 Å². The molecule has 3 rings (SSSR count). The molecule has 0 aliphatic rings. The van der Waals surface area contributed by atoms with Crippen molar-refractivity contribution in [2.45, 2.75) is 13.5 Å². The van der Waals surface area contributed by atoms with Gasteiger partial charge < -0.3 is 9.73 Å². The third kappa shape index (κ3) is 3.04. The summed E-state index contributed by atoms with van der Waals surface area (Å²) in [6.07, 6.45) is 3.14. The Kier molecular flexibility index (Phi) is 3.98. The lowest BCUT2D eigenvalue weighted by atomic mass is 10.2. The average molecular weight is 316 g/mol. The minimum atomic E-state index is -0.218. The molecule has 0 radical (unpaired) electrons. The molecule has 1 aromatic carbocycles. The zero-order chi connectivity index (χ0) is 15.5. The van der Waals surface area contributed by atoms with Gasteiger partial charge in [-0.1, -0.05) is 23.7 Å². The molecule has 0 saturated heterocycles. The number of furan rings is 1. The maximum atomic E-state index is 12.2. The maximum absolute atomic E-state index is 12.2. The van der Waals surface area contributed by atoms with E-state index in [-0.39, 0.29) is 5.91 Å². The van der Waals surface area contributed by atoms with E-state index in [9.17, 15) is 4.79 Å². The highest BCUT2D eigenvalue weighted by molar-refractivity contribution is 6.30. The lowest BCUT2D eigenvalue weighted by Gasteiger charge is -2.09. The Hall–Kier alpha value is -2.53. The molecule has 0 spiro atoms. The highest BCUT2D eigenvalue weighted by Gasteiger charge is 2.13. The number of aryl methyl sites for hydroxylation is 1. The van der Waals surface area contributed by atoms with Crippen molar-refractivity contribution in [3.8, 4) is 0 Å². The molecule has 6 heteroatoms. The predicted molar refractivity (Wildman–Crippen MR) is 84.2 cm³/mol. The van der Waals surface area contributed by atoms with Crippen LogP contribution in [0.3, 0.4) is 0 Å². The molecule has 0 fully saturated rings. The van der Waals surface area contributed by atoms with Crippen molar-refractivity contribution in [3.63, 3.8) is 0 Å². The SMILES string of the molecule is Cc1occc1C(=O)Nc1ccnn1Cc1ccc(Cl)cc1. The van der Waals surface area contributed by atoms with Crippen LogP contribution in [0.15, 0.2) is 53.3 Å². The van der Waals surface area contributed by atoms with Gasteiger partial charge in [0.15, 0.2) is 0 Å². The Morgan fingerprint density at radius 1 is 1.27 bits per heavy atom. The van der Waals surface area contributed by atoms with Gasteiger partial charge in [0.05, 0.1) is 24.6 Å². The number of carbonyl (C=O) groups is 1. The second-order valence-corrected chi connectivity index (χ2v) is 5.28. The van der Waals surface area contributed by atoms with Crippen LogP contribution >= 0.6 is 11.6 Å². The molecule has 3 aromatic rings. The number of nitrogens with zero attached hydrogens (tertiary/aromatic N) is 2. The normalized spacial score (nSPS) is 10.6. The van der Waals surface area contributed by atoms with Gasteiger partial charge in [0, 0.05) is 11.1 Å². The first-order chi connectivity index (χ1) is 10.6. The first kappa shape index (κ1) is 14.4. The number of aromatic nitrogens is 2. The summed E-state index contributed by atoms with van der Waals surface area (Å²) in [4.78, 5) is 12.2. The number of hydrogen-bond donors (Lipinski definition) is 1. The number of anilines is 1. The monoisotopic (exact) mass is 315 g/mol. The van der Waals surface area contributed by atoms with Crippen LogP contribution in [0.4, 0.5) is 5.82 Å². The summed E-state index contributed by atoms with van der Waals surface area (Å²) in [6.45, 7) is 2.30. The third-order valence-electron chi connectivity index (χ3n) is 3.31. The third-order valence-corrected chi connectivity index (χ3v) is 3.56. The molecule has 0 saturated carbocycles. The lowest BCUT2D eigenvalue weighted by Crippen LogP contribution is -2.16. The van der Waals surface area contributed by atoms with Crippen molar-refractivity contribution in [2.75, 3.05) is 5.32 Å². The van der Waals surface area contributed by atoms with E-state index in [1.165, 1.54) is 6.26 Å². The van der Waals surface area contributed by atoms with E-state index in [0.717, 1.165) is 5.56 Å². The van der Waals surface area contributed by atoms with Crippen molar-refractivity contribution >= 4 is 23.3 Å². The Bertz CT molecular complexity index is 790. The van der Waals surface area contributed by atoms with Crippen LogP contribution in [0, 0.1) is 6.92 Å². The smallest absolute Gasteiger partial charge is 0.260 e. The average Bonchev–Trinajstić information content (AvgIpc) is 3.11. The van der Waals surface area contributed by atoms with Crippen LogP contribution in [0.1, 0.15) is 21.7 Å². The van der Waals surface area contributed by atoms with E-state index in [1.54, 1.807) is 29.9 Å². The standard InChI is InChI=1S/C16H14ClN3O2/c1-11-14(7-9-22-11)16(21)19-15-6-8-18-20(15)10-12-2-4-13(17)5-3-12/h2-9H,10H2,1H3,(H,19,21). The van der Waals surface area contributed by atoms with E-state index in [2.05, 4.69) is 10.4 Å². The van der Waals surface area contributed by atoms with Gasteiger partial charge in [-0.3, -0.25) is 4.79 Å². The van der Waals surface area contributed by atoms with Gasteiger partial charge in [-0.05, 0) is 30.7 Å². The number of amides is 1. The zero-order valence-corrected chi connectivity index (χ0v) is 12.7. The topological polar surface area (TPSA) is 60.1 Å². The molecule has 22 heavy (non-hydrogen) atoms. The molecule has 1 amide bonds. The molecule has 1 N–H and O–H groups in total. The Morgan fingerprint density at radius 2 is 2.05 bits per heavy atom. The van der Waals surface area contributed by atoms with Crippen LogP contribution in [-0.4, -0.2) is 15.7 Å². The first-order valence-electron chi connectivity index (χ1n) is 6.75. The van der Waals surface area contributed by atoms with Gasteiger partial charge in [0.2, 0.25) is 0 Å². The van der Waals surface area contributed by atoms with Gasteiger partial charge in [-0.2, -0.15) is 5.10 Å². The van der Waals surface area contributed by atoms with Gasteiger partial charge in [0.1, 0.15) is 11.6 Å². The molecule has 5 nitrogen and oxygen atoms in total. The number of hydrogen-bond acceptors (Lipinski definition) is 3. The van der Waals surface area contributed by atoms with E-state index in [1.807, 2.05) is 24.3 Å². The molecule has 112 valence electrons. The molecule has 0 aliphatic carbocycles. The number of rotatable bonds is 4. The fraction of sp³-hybridized carbons (Fsp3) is 0.125. The quantitative estimate of drug-likeness (QED) is 0.798. The molecular weight excluding hydrogens is 302 g/mol. The summed E-state index contributed by atoms with van der Waals surface area (Å²) in [7, 11) is 0. The van der Waals surface area contributed by atoms with Crippen molar-refractivity contribution in [1.82, 2.24) is 9.78 Å². The van der Waals surface area contributed by atoms with Gasteiger partial charge >= 0.3 is 0 Å². The highest BCUT2D eigenvalue weighted by Crippen LogP contribution is 2.15. The van der Waals surface area contributed by atoms with E-state index in [0.29, 0.717) is 28.7 Å². The molecular formula is C16H14ClN3O2. The van der Waals surface area contributed by atoms with Crippen LogP contribution in [0.5, 0.6) is 0 Å². The van der Waals surface area contributed by atoms with Crippen LogP contribution in [0.25, 0.3) is 0 Å². The minimum Gasteiger partial charge on any atom is -0.469 e. The van der Waals surface area contributed by atoms with Crippen molar-refractivity contribution in [1.29, 1.82) is 0 Å². The van der Waals surface area contributed by atoms with E-state index in [4.69, 9.17) is 16.0 Å². The van der Waals surface area contributed by atoms with Crippen molar-refractivity contribution in [3.05, 3.63) is 70.8 Å². The molecule has 2 aromatic heterocycles. The van der Waals surface area contributed by atoms with E-state index >= 15 is 0 Å². The molecule has 0 atom stereocenters. The first-order valence-corrected chi connectivity index (χ1v) is 7.13. The summed E-state index contributed by atoms with van der Waals surface area (Å²) in [5.41, 5.74) is 1.56. The largest absolute Gasteiger partial charge is 0.469 e. The summed E-state index contributed by atoms with van der Waals surface area (Å²) < 4.78 is 6.86. The van der Waals surface area contributed by atoms with Crippen LogP contribution in [0.2, 0.25) is 5.02 Å². The fourth-order valence-electron chi connectivity index (χ4n) is 2.13. The van der Waals surface area contributed by atoms with Crippen LogP contribution in [-0.2, 0) is 6.54 Å². The fourth-order valence-corrected chi connectivity index (χ4v) is 2.26. The van der Waals surface area contributed by atoms with Gasteiger partial charge in [0.25, 0.3) is 5.91 Å². The number of halogens is 1. The molecule has 0 bridgehead atoms. The highest BCUT2D eigenvalue weighted by atomic mass is 35.5. The predicted octanol–water partition coefficient (Wildman–Crippen LogP) is 3.74. The second kappa shape index (κ2) is 6.07. The van der Waals surface area contributed by atoms with Gasteiger partial charge in [-0.25, -0.2) is 4.68 Å². The summed E-state index contributed by atoms with van der Waals surface area (Å²) >= 11 is 5.88. The zero-order valence-electron chi connectivity index (χ0n) is 11.9. The second-order valence-electron chi connectivity index (χ2n) is 4.85. The summed E-state index contributed by atoms with van der Waals surface area (Å²) in [5.74, 6) is 0.992. The van der Waals surface area contributed by atoms with Gasteiger partial charge in [-0.15, -0.1) is 0 Å². The van der Waals surface area contributed by atoms with Crippen molar-refractivity contribution in [2.24, 2.45) is 0 Å². The number of nitrogens with one attached hydrogen (secondary N) is 1. The van der Waals surface area contributed by atoms with Crippen LogP contribution < -0.4 is 5.32 Å². The Morgan fingerprint density at radius 3 is 2.73 bits per heavy atom. The summed E-state index contributed by atoms with van der Waals surface area (Å²) in [5, 5.41) is 7.77. The Labute approximate surface area is 132 Å². The molecule has 2 heterocycles. The van der Waals surface area contributed by atoms with Crippen molar-refractivity contribution < 1.29 is 9.21 Å². The maximum Gasteiger partial charge on any atom is 0.260 e. The lowest BCUT2D eigenvalue weighted by molar-refractivity contribution is 0.102. The summed E-state index contributed by atoms with van der Waals surface area (Å²) in [6, 6.07) is 10.9.